The second kappa shape index (κ2) is 6.54. The smallest absolute Gasteiger partial charge is 0.341 e. The van der Waals surface area contributed by atoms with Gasteiger partial charge in [0.05, 0.1) is 11.1 Å². The first-order chi connectivity index (χ1) is 15.4. The molecule has 3 aromatic carbocycles. The highest BCUT2D eigenvalue weighted by Crippen LogP contribution is 2.48. The molecule has 2 aliphatic heterocycles. The van der Waals surface area contributed by atoms with Gasteiger partial charge in [0, 0.05) is 30.7 Å². The Labute approximate surface area is 181 Å². The van der Waals surface area contributed by atoms with Crippen molar-refractivity contribution in [2.75, 3.05) is 18.0 Å². The number of anilines is 1. The summed E-state index contributed by atoms with van der Waals surface area (Å²) in [6.45, 7) is 1.02. The number of benzene rings is 3. The Morgan fingerprint density at radius 2 is 1.97 bits per heavy atom. The van der Waals surface area contributed by atoms with E-state index in [4.69, 9.17) is 10.5 Å². The maximum atomic E-state index is 15.4. The quantitative estimate of drug-likeness (QED) is 0.443. The number of carboxylic acids is 1. The van der Waals surface area contributed by atoms with Crippen molar-refractivity contribution in [2.45, 2.75) is 12.5 Å². The lowest BCUT2D eigenvalue weighted by Crippen LogP contribution is -2.28. The van der Waals surface area contributed by atoms with Crippen LogP contribution >= 0.6 is 0 Å². The molecule has 0 amide bonds. The fourth-order valence-electron chi connectivity index (χ4n) is 4.80. The second-order valence-corrected chi connectivity index (χ2v) is 8.21. The number of fused-ring (bicyclic) bond motifs is 4. The summed E-state index contributed by atoms with van der Waals surface area (Å²) in [6, 6.07) is 12.3. The van der Waals surface area contributed by atoms with E-state index in [2.05, 4.69) is 0 Å². The van der Waals surface area contributed by atoms with Gasteiger partial charge in [0.15, 0.2) is 17.3 Å². The number of hydrogen-bond acceptors (Lipinski definition) is 5. The zero-order valence-electron chi connectivity index (χ0n) is 16.8. The van der Waals surface area contributed by atoms with Crippen LogP contribution in [0.5, 0.6) is 11.5 Å². The minimum Gasteiger partial charge on any atom is -0.477 e. The molecule has 7 nitrogen and oxygen atoms in total. The SMILES string of the molecule is N[C@@H]1CCN(c2c(F)cc3c(=O)c(C(=O)O)cn4c3c2Oc2ccc3ccccc3c2-4)C1. The number of halogens is 1. The molecule has 0 aliphatic carbocycles. The second-order valence-electron chi connectivity index (χ2n) is 8.21. The van der Waals surface area contributed by atoms with Crippen LogP contribution in [0.25, 0.3) is 27.4 Å². The van der Waals surface area contributed by atoms with Gasteiger partial charge in [-0.05, 0) is 23.9 Å². The number of aromatic carboxylic acids is 1. The first kappa shape index (κ1) is 18.8. The lowest BCUT2D eigenvalue weighted by atomic mass is 10.0. The fraction of sp³-hybridized carbons (Fsp3) is 0.167. The van der Waals surface area contributed by atoms with E-state index in [0.29, 0.717) is 36.5 Å². The molecule has 0 radical (unpaired) electrons. The molecule has 32 heavy (non-hydrogen) atoms. The van der Waals surface area contributed by atoms with Crippen molar-refractivity contribution in [3.05, 3.63) is 70.3 Å². The molecule has 2 aliphatic rings. The maximum absolute atomic E-state index is 15.4. The molecule has 1 fully saturated rings. The molecular formula is C24H18FN3O4. The lowest BCUT2D eigenvalue weighted by molar-refractivity contribution is 0.0695. The molecule has 1 aromatic heterocycles. The van der Waals surface area contributed by atoms with Crippen LogP contribution in [0.4, 0.5) is 10.1 Å². The Kier molecular flexibility index (Phi) is 3.85. The molecule has 0 saturated carbocycles. The van der Waals surface area contributed by atoms with Crippen molar-refractivity contribution < 1.29 is 19.0 Å². The summed E-state index contributed by atoms with van der Waals surface area (Å²) in [4.78, 5) is 26.6. The molecule has 0 bridgehead atoms. The largest absolute Gasteiger partial charge is 0.477 e. The van der Waals surface area contributed by atoms with Crippen molar-refractivity contribution in [3.63, 3.8) is 0 Å². The molecule has 1 saturated heterocycles. The van der Waals surface area contributed by atoms with Crippen LogP contribution in [0.1, 0.15) is 16.8 Å². The van der Waals surface area contributed by atoms with E-state index in [1.807, 2.05) is 35.2 Å². The third-order valence-corrected chi connectivity index (χ3v) is 6.26. The number of nitrogens with two attached hydrogens (primary N) is 1. The molecule has 6 rings (SSSR count). The number of carboxylic acid groups (broad SMARTS) is 1. The molecule has 3 N–H and O–H groups in total. The normalized spacial score (nSPS) is 16.9. The Bertz CT molecular complexity index is 1530. The summed E-state index contributed by atoms with van der Waals surface area (Å²) in [5.74, 6) is -1.36. The van der Waals surface area contributed by atoms with E-state index in [0.717, 1.165) is 16.8 Å². The van der Waals surface area contributed by atoms with Gasteiger partial charge in [-0.25, -0.2) is 9.18 Å². The van der Waals surface area contributed by atoms with Gasteiger partial charge in [-0.1, -0.05) is 30.3 Å². The van der Waals surface area contributed by atoms with E-state index in [1.165, 1.54) is 6.20 Å². The van der Waals surface area contributed by atoms with Crippen LogP contribution in [-0.2, 0) is 0 Å². The zero-order valence-corrected chi connectivity index (χ0v) is 16.8. The van der Waals surface area contributed by atoms with Gasteiger partial charge in [0.25, 0.3) is 0 Å². The Balaban J connectivity index is 1.79. The summed E-state index contributed by atoms with van der Waals surface area (Å²) >= 11 is 0. The van der Waals surface area contributed by atoms with E-state index < -0.39 is 22.8 Å². The van der Waals surface area contributed by atoms with Gasteiger partial charge in [0.2, 0.25) is 5.43 Å². The summed E-state index contributed by atoms with van der Waals surface area (Å²) < 4.78 is 23.3. The monoisotopic (exact) mass is 431 g/mol. The number of aromatic nitrogens is 1. The number of carbonyl (C=O) groups is 1. The van der Waals surface area contributed by atoms with E-state index >= 15 is 4.39 Å². The number of nitrogens with zero attached hydrogens (tertiary/aromatic N) is 2. The Morgan fingerprint density at radius 1 is 1.16 bits per heavy atom. The van der Waals surface area contributed by atoms with Gasteiger partial charge in [0.1, 0.15) is 16.8 Å². The summed E-state index contributed by atoms with van der Waals surface area (Å²) in [6.07, 6.45) is 2.02. The number of pyridine rings is 1. The number of ether oxygens (including phenoxy) is 1. The van der Waals surface area contributed by atoms with Crippen molar-refractivity contribution >= 4 is 33.3 Å². The van der Waals surface area contributed by atoms with Crippen molar-refractivity contribution in [3.8, 4) is 17.2 Å². The molecule has 8 heteroatoms. The van der Waals surface area contributed by atoms with Crippen molar-refractivity contribution in [1.29, 1.82) is 0 Å². The van der Waals surface area contributed by atoms with Crippen LogP contribution in [0.2, 0.25) is 0 Å². The summed E-state index contributed by atoms with van der Waals surface area (Å²) in [5, 5.41) is 11.4. The molecular weight excluding hydrogens is 413 g/mol. The molecule has 0 spiro atoms. The van der Waals surface area contributed by atoms with Crippen LogP contribution in [-0.4, -0.2) is 34.8 Å². The van der Waals surface area contributed by atoms with E-state index in [-0.39, 0.29) is 22.9 Å². The van der Waals surface area contributed by atoms with Crippen LogP contribution in [0, 0.1) is 5.82 Å². The van der Waals surface area contributed by atoms with Crippen LogP contribution < -0.4 is 20.8 Å². The van der Waals surface area contributed by atoms with E-state index in [9.17, 15) is 14.7 Å². The predicted octanol–water partition coefficient (Wildman–Crippen LogP) is 3.62. The lowest BCUT2D eigenvalue weighted by Gasteiger charge is -2.29. The zero-order chi connectivity index (χ0) is 22.1. The highest BCUT2D eigenvalue weighted by molar-refractivity contribution is 6.02. The fourth-order valence-corrected chi connectivity index (χ4v) is 4.80. The third kappa shape index (κ3) is 2.50. The van der Waals surface area contributed by atoms with Gasteiger partial charge in [-0.2, -0.15) is 0 Å². The molecule has 1 atom stereocenters. The van der Waals surface area contributed by atoms with Crippen LogP contribution in [0.15, 0.2) is 53.5 Å². The Hall–Kier alpha value is -3.91. The first-order valence-electron chi connectivity index (χ1n) is 10.3. The molecule has 4 aromatic rings. The minimum atomic E-state index is -1.37. The molecule has 3 heterocycles. The minimum absolute atomic E-state index is 0.0387. The van der Waals surface area contributed by atoms with E-state index in [1.54, 1.807) is 10.6 Å². The van der Waals surface area contributed by atoms with Crippen molar-refractivity contribution in [2.24, 2.45) is 5.73 Å². The van der Waals surface area contributed by atoms with Gasteiger partial charge < -0.3 is 25.0 Å². The average molecular weight is 431 g/mol. The summed E-state index contributed by atoms with van der Waals surface area (Å²) in [5.41, 5.74) is 6.07. The third-order valence-electron chi connectivity index (χ3n) is 6.26. The molecule has 0 unspecified atom stereocenters. The topological polar surface area (TPSA) is 97.8 Å². The Morgan fingerprint density at radius 3 is 2.72 bits per heavy atom. The predicted molar refractivity (Wildman–Crippen MR) is 119 cm³/mol. The van der Waals surface area contributed by atoms with Gasteiger partial charge in [-0.3, -0.25) is 4.79 Å². The highest BCUT2D eigenvalue weighted by atomic mass is 19.1. The standard InChI is InChI=1S/C24H18FN3O4/c25-17-9-15-20-23(21(17)27-8-7-13(26)10-27)32-18-6-5-12-3-1-2-4-14(12)19(18)28(20)11-16(22(15)29)24(30)31/h1-6,9,11,13H,7-8,10,26H2,(H,30,31)/t13-/m1/s1. The average Bonchev–Trinajstić information content (AvgIpc) is 3.20. The highest BCUT2D eigenvalue weighted by Gasteiger charge is 2.33. The van der Waals surface area contributed by atoms with Gasteiger partial charge in [-0.15, -0.1) is 0 Å². The van der Waals surface area contributed by atoms with Crippen LogP contribution in [0.3, 0.4) is 0 Å². The first-order valence-corrected chi connectivity index (χ1v) is 10.3. The molecule has 160 valence electrons. The number of hydrogen-bond donors (Lipinski definition) is 2. The maximum Gasteiger partial charge on any atom is 0.341 e. The van der Waals surface area contributed by atoms with Crippen molar-refractivity contribution in [1.82, 2.24) is 4.57 Å². The summed E-state index contributed by atoms with van der Waals surface area (Å²) in [7, 11) is 0. The van der Waals surface area contributed by atoms with Gasteiger partial charge >= 0.3 is 5.97 Å². The number of rotatable bonds is 2.